The van der Waals surface area contributed by atoms with Crippen molar-refractivity contribution in [3.05, 3.63) is 33.1 Å². The van der Waals surface area contributed by atoms with Crippen LogP contribution >= 0.6 is 23.5 Å². The molecule has 0 spiro atoms. The number of hydrogen-bond acceptors (Lipinski definition) is 15. The second-order valence-electron chi connectivity index (χ2n) is 7.29. The number of aliphatic hydroxyl groups excluding tert-OH is 5. The Bertz CT molecular complexity index is 1140. The Morgan fingerprint density at radius 1 is 0.973 bits per heavy atom. The van der Waals surface area contributed by atoms with E-state index in [0.29, 0.717) is 4.57 Å². The third kappa shape index (κ3) is 10.8. The lowest BCUT2D eigenvalue weighted by atomic mass is 10.1. The maximum absolute atomic E-state index is 11.7. The van der Waals surface area contributed by atoms with Crippen molar-refractivity contribution in [2.75, 3.05) is 26.4 Å². The topological polar surface area (TPSA) is 351 Å². The molecule has 12 N–H and O–H groups in total. The Balaban J connectivity index is 0.000000738. The quantitative estimate of drug-likeness (QED) is 0.105. The van der Waals surface area contributed by atoms with Gasteiger partial charge in [-0.25, -0.2) is 18.5 Å². The lowest BCUT2D eigenvalue weighted by Gasteiger charge is -2.20. The lowest BCUT2D eigenvalue weighted by Crippen LogP contribution is -2.50. The normalized spacial score (nSPS) is 25.6. The first-order valence-electron chi connectivity index (χ1n) is 9.51. The first-order chi connectivity index (χ1) is 16.8. The van der Waals surface area contributed by atoms with Crippen molar-refractivity contribution in [3.8, 4) is 0 Å². The van der Waals surface area contributed by atoms with E-state index in [1.165, 1.54) is 0 Å². The zero-order chi connectivity index (χ0) is 28.8. The number of ether oxygens (including phenoxy) is 1. The highest BCUT2D eigenvalue weighted by Gasteiger charge is 2.46. The minimum Gasteiger partial charge on any atom is -0.394 e. The Hall–Kier alpha value is -1.19. The average Bonchev–Trinajstić information content (AvgIpc) is 3.03. The van der Waals surface area contributed by atoms with E-state index < -0.39 is 91.2 Å². The monoisotopic (exact) mass is 605 g/mol. The summed E-state index contributed by atoms with van der Waals surface area (Å²) in [5.41, 5.74) is 2.19. The molecular formula is C13H26N3O18P3. The Morgan fingerprint density at radius 3 is 1.95 bits per heavy atom. The summed E-state index contributed by atoms with van der Waals surface area (Å²) in [5, 5.41) is 44.9. The number of phosphoric ester groups is 1. The number of aromatic amines is 1. The van der Waals surface area contributed by atoms with Gasteiger partial charge in [0.1, 0.15) is 18.3 Å². The molecule has 0 aromatic carbocycles. The molecule has 1 aliphatic heterocycles. The molecule has 2 heterocycles. The molecule has 1 fully saturated rings. The van der Waals surface area contributed by atoms with Crippen LogP contribution in [-0.4, -0.2) is 105 Å². The Labute approximate surface area is 205 Å². The predicted octanol–water partition coefficient (Wildman–Crippen LogP) is -4.84. The van der Waals surface area contributed by atoms with Crippen LogP contribution in [0.3, 0.4) is 0 Å². The second-order valence-corrected chi connectivity index (χ2v) is 11.7. The van der Waals surface area contributed by atoms with E-state index in [-0.39, 0.29) is 0 Å². The van der Waals surface area contributed by atoms with Crippen molar-refractivity contribution in [3.63, 3.8) is 0 Å². The maximum Gasteiger partial charge on any atom is 0.490 e. The van der Waals surface area contributed by atoms with Crippen LogP contribution in [0.5, 0.6) is 0 Å². The van der Waals surface area contributed by atoms with Crippen LogP contribution in [0.25, 0.3) is 0 Å². The highest BCUT2D eigenvalue weighted by atomic mass is 31.3. The van der Waals surface area contributed by atoms with Gasteiger partial charge in [0.05, 0.1) is 32.0 Å². The van der Waals surface area contributed by atoms with Gasteiger partial charge in [-0.2, -0.15) is 8.62 Å². The van der Waals surface area contributed by atoms with Gasteiger partial charge < -0.3 is 55.6 Å². The van der Waals surface area contributed by atoms with Gasteiger partial charge >= 0.3 is 29.2 Å². The fraction of sp³-hybridized carbons (Fsp3) is 0.692. The minimum atomic E-state index is -5.73. The van der Waals surface area contributed by atoms with Crippen LogP contribution < -0.4 is 17.0 Å². The van der Waals surface area contributed by atoms with Crippen LogP contribution in [0.1, 0.15) is 6.23 Å². The lowest BCUT2D eigenvalue weighted by molar-refractivity contribution is -0.0542. The van der Waals surface area contributed by atoms with Crippen LogP contribution in [0, 0.1) is 0 Å². The molecule has 0 radical (unpaired) electrons. The first-order valence-corrected chi connectivity index (χ1v) is 14.0. The molecular weight excluding hydrogens is 579 g/mol. The molecule has 1 aromatic rings. The van der Waals surface area contributed by atoms with E-state index in [2.05, 4.69) is 13.1 Å². The number of nitrogens with one attached hydrogen (secondary N) is 1. The van der Waals surface area contributed by atoms with Gasteiger partial charge in [0.25, 0.3) is 5.56 Å². The SMILES string of the molecule is NC(CO)(CO)CO.O=c1ccn(C2OC(COP(=O)(O)OP(=O)(O)OP(=O)(O)O)C(O)C2O)c(=O)[nH]1. The predicted molar refractivity (Wildman–Crippen MR) is 115 cm³/mol. The van der Waals surface area contributed by atoms with Gasteiger partial charge in [0.15, 0.2) is 6.23 Å². The van der Waals surface area contributed by atoms with Crippen LogP contribution in [0.15, 0.2) is 21.9 Å². The maximum atomic E-state index is 11.7. The highest BCUT2D eigenvalue weighted by molar-refractivity contribution is 7.66. The van der Waals surface area contributed by atoms with Crippen molar-refractivity contribution in [1.82, 2.24) is 9.55 Å². The van der Waals surface area contributed by atoms with Crippen molar-refractivity contribution in [2.24, 2.45) is 5.73 Å². The number of hydrogen-bond donors (Lipinski definition) is 11. The number of nitrogens with two attached hydrogens (primary N) is 1. The molecule has 0 aliphatic carbocycles. The van der Waals surface area contributed by atoms with E-state index in [4.69, 9.17) is 40.5 Å². The van der Waals surface area contributed by atoms with Gasteiger partial charge in [-0.3, -0.25) is 18.9 Å². The Morgan fingerprint density at radius 2 is 1.51 bits per heavy atom. The third-order valence-corrected chi connectivity index (χ3v) is 8.03. The molecule has 0 bridgehead atoms. The summed E-state index contributed by atoms with van der Waals surface area (Å²) in [6, 6.07) is 0.920. The number of aliphatic hydroxyl groups is 5. The highest BCUT2D eigenvalue weighted by Crippen LogP contribution is 2.66. The van der Waals surface area contributed by atoms with Gasteiger partial charge in [-0.15, -0.1) is 0 Å². The molecule has 1 saturated heterocycles. The summed E-state index contributed by atoms with van der Waals surface area (Å²) >= 11 is 0. The van der Waals surface area contributed by atoms with Gasteiger partial charge in [0.2, 0.25) is 0 Å². The second kappa shape index (κ2) is 13.2. The van der Waals surface area contributed by atoms with Crippen molar-refractivity contribution < 1.29 is 76.7 Å². The molecule has 6 unspecified atom stereocenters. The molecule has 6 atom stereocenters. The average molecular weight is 605 g/mol. The number of aromatic nitrogens is 2. The van der Waals surface area contributed by atoms with Crippen molar-refractivity contribution in [1.29, 1.82) is 0 Å². The zero-order valence-electron chi connectivity index (χ0n) is 18.4. The number of nitrogens with zero attached hydrogens (tertiary/aromatic N) is 1. The van der Waals surface area contributed by atoms with Crippen LogP contribution in [0.4, 0.5) is 0 Å². The molecule has 21 nitrogen and oxygen atoms in total. The fourth-order valence-electron chi connectivity index (χ4n) is 2.35. The van der Waals surface area contributed by atoms with Gasteiger partial charge in [-0.1, -0.05) is 0 Å². The summed E-state index contributed by atoms with van der Waals surface area (Å²) in [5.74, 6) is 0. The van der Waals surface area contributed by atoms with Crippen molar-refractivity contribution in [2.45, 2.75) is 30.1 Å². The molecule has 216 valence electrons. The number of H-pyrrole nitrogens is 1. The summed E-state index contributed by atoms with van der Waals surface area (Å²) < 4.78 is 50.6. The van der Waals surface area contributed by atoms with Crippen LogP contribution in [-0.2, 0) is 31.6 Å². The van der Waals surface area contributed by atoms with E-state index in [0.717, 1.165) is 12.3 Å². The van der Waals surface area contributed by atoms with E-state index in [1.807, 2.05) is 4.98 Å². The largest absolute Gasteiger partial charge is 0.490 e. The zero-order valence-corrected chi connectivity index (χ0v) is 21.0. The molecule has 0 saturated carbocycles. The van der Waals surface area contributed by atoms with E-state index >= 15 is 0 Å². The molecule has 0 amide bonds. The standard InChI is InChI=1S/C9H15N2O15P3.C4H11NO3/c12-5-1-2-11(9(15)10-5)8-7(14)6(13)4(24-8)3-23-28(19,20)26-29(21,22)25-27(16,17)18;5-4(1-6,2-7)3-8/h1-2,4,6-8,13-14H,3H2,(H,19,20)(H,21,22)(H,10,12,15)(H2,16,17,18);6-8H,1-3,5H2. The Kier molecular flexibility index (Phi) is 12.1. The molecule has 1 aromatic heterocycles. The number of rotatable bonds is 11. The van der Waals surface area contributed by atoms with E-state index in [9.17, 15) is 38.4 Å². The van der Waals surface area contributed by atoms with Gasteiger partial charge in [-0.05, 0) is 0 Å². The minimum absolute atomic E-state index is 0.403. The van der Waals surface area contributed by atoms with E-state index in [1.54, 1.807) is 0 Å². The third-order valence-electron chi connectivity index (χ3n) is 4.23. The van der Waals surface area contributed by atoms with Crippen molar-refractivity contribution >= 4 is 23.5 Å². The first kappa shape index (κ1) is 33.8. The van der Waals surface area contributed by atoms with Gasteiger partial charge in [0, 0.05) is 12.3 Å². The summed E-state index contributed by atoms with van der Waals surface area (Å²) in [4.78, 5) is 59.9. The molecule has 24 heteroatoms. The molecule has 37 heavy (non-hydrogen) atoms. The summed E-state index contributed by atoms with van der Waals surface area (Å²) in [6.45, 7) is -2.25. The van der Waals surface area contributed by atoms with Crippen LogP contribution in [0.2, 0.25) is 0 Å². The molecule has 1 aliphatic rings. The summed E-state index contributed by atoms with van der Waals surface area (Å²) in [6.07, 6.45) is -5.70. The fourth-order valence-corrected chi connectivity index (χ4v) is 5.38. The smallest absolute Gasteiger partial charge is 0.394 e. The number of phosphoric acid groups is 3. The molecule has 2 rings (SSSR count). The summed E-state index contributed by atoms with van der Waals surface area (Å²) in [7, 11) is -16.8.